The molecule has 0 spiro atoms. The first-order chi connectivity index (χ1) is 9.74. The summed E-state index contributed by atoms with van der Waals surface area (Å²) in [6.45, 7) is 3.23. The van der Waals surface area contributed by atoms with Gasteiger partial charge < -0.3 is 14.2 Å². The lowest BCUT2D eigenvalue weighted by atomic mass is 9.95. The molecule has 2 unspecified atom stereocenters. The van der Waals surface area contributed by atoms with E-state index in [0.29, 0.717) is 24.7 Å². The zero-order valence-electron chi connectivity index (χ0n) is 12.2. The van der Waals surface area contributed by atoms with Crippen molar-refractivity contribution in [2.75, 3.05) is 20.2 Å². The number of likely N-dealkylation sites (tertiary alicyclic amines) is 1. The normalized spacial score (nSPS) is 23.3. The molecule has 0 N–H and O–H groups in total. The van der Waals surface area contributed by atoms with Crippen LogP contribution in [0, 0.1) is 5.92 Å². The van der Waals surface area contributed by atoms with Crippen LogP contribution in [-0.4, -0.2) is 50.1 Å². The molecule has 1 amide bonds. The van der Waals surface area contributed by atoms with Crippen LogP contribution in [0.4, 0.5) is 0 Å². The molecule has 0 saturated carbocycles. The SMILES string of the molecule is COC1CN(C(=O)c2cc(S(=O)(=O)Cl)cn2C)CCC1C. The van der Waals surface area contributed by atoms with E-state index in [0.717, 1.165) is 6.42 Å². The lowest BCUT2D eigenvalue weighted by Gasteiger charge is -2.36. The second-order valence-electron chi connectivity index (χ2n) is 5.40. The maximum absolute atomic E-state index is 12.5. The Morgan fingerprint density at radius 1 is 1.48 bits per heavy atom. The number of ether oxygens (including phenoxy) is 1. The number of hydrogen-bond acceptors (Lipinski definition) is 4. The van der Waals surface area contributed by atoms with Gasteiger partial charge in [-0.25, -0.2) is 8.42 Å². The summed E-state index contributed by atoms with van der Waals surface area (Å²) in [5, 5.41) is 0. The molecule has 2 heterocycles. The summed E-state index contributed by atoms with van der Waals surface area (Å²) in [5.74, 6) is 0.184. The summed E-state index contributed by atoms with van der Waals surface area (Å²) < 4.78 is 29.6. The van der Waals surface area contributed by atoms with Crippen LogP contribution >= 0.6 is 10.7 Å². The van der Waals surface area contributed by atoms with E-state index in [2.05, 4.69) is 6.92 Å². The van der Waals surface area contributed by atoms with Crippen LogP contribution in [0.2, 0.25) is 0 Å². The van der Waals surface area contributed by atoms with Crippen LogP contribution in [0.15, 0.2) is 17.2 Å². The van der Waals surface area contributed by atoms with Gasteiger partial charge in [0, 0.05) is 44.1 Å². The first-order valence-electron chi connectivity index (χ1n) is 6.67. The van der Waals surface area contributed by atoms with Crippen LogP contribution in [0.25, 0.3) is 0 Å². The smallest absolute Gasteiger partial charge is 0.270 e. The highest BCUT2D eigenvalue weighted by Gasteiger charge is 2.30. The molecule has 118 valence electrons. The predicted octanol–water partition coefficient (Wildman–Crippen LogP) is 1.45. The van der Waals surface area contributed by atoms with Crippen LogP contribution < -0.4 is 0 Å². The molecule has 0 aliphatic carbocycles. The third-order valence-corrected chi connectivity index (χ3v) is 5.28. The summed E-state index contributed by atoms with van der Waals surface area (Å²) in [7, 11) is 4.74. The Bertz CT molecular complexity index is 641. The van der Waals surface area contributed by atoms with Crippen molar-refractivity contribution in [2.24, 2.45) is 13.0 Å². The Kier molecular flexibility index (Phi) is 4.65. The molecule has 0 bridgehead atoms. The molecule has 2 atom stereocenters. The highest BCUT2D eigenvalue weighted by atomic mass is 35.7. The van der Waals surface area contributed by atoms with Crippen LogP contribution in [-0.2, 0) is 20.8 Å². The zero-order chi connectivity index (χ0) is 15.8. The van der Waals surface area contributed by atoms with Crippen molar-refractivity contribution >= 4 is 25.6 Å². The number of carbonyl (C=O) groups is 1. The summed E-state index contributed by atoms with van der Waals surface area (Å²) in [6, 6.07) is 1.31. The van der Waals surface area contributed by atoms with Gasteiger partial charge in [0.1, 0.15) is 10.6 Å². The lowest BCUT2D eigenvalue weighted by molar-refractivity contribution is -0.00190. The van der Waals surface area contributed by atoms with Gasteiger partial charge in [0.05, 0.1) is 6.10 Å². The number of rotatable bonds is 3. The number of aryl methyl sites for hydroxylation is 1. The van der Waals surface area contributed by atoms with Crippen LogP contribution in [0.1, 0.15) is 23.8 Å². The molecule has 2 rings (SSSR count). The van der Waals surface area contributed by atoms with E-state index in [4.69, 9.17) is 15.4 Å². The first-order valence-corrected chi connectivity index (χ1v) is 8.98. The third-order valence-electron chi connectivity index (χ3n) is 3.96. The van der Waals surface area contributed by atoms with Gasteiger partial charge in [0.2, 0.25) is 0 Å². The molecule has 1 aliphatic heterocycles. The van der Waals surface area contributed by atoms with E-state index in [1.54, 1.807) is 19.1 Å². The maximum Gasteiger partial charge on any atom is 0.270 e. The highest BCUT2D eigenvalue weighted by molar-refractivity contribution is 8.13. The number of nitrogens with zero attached hydrogens (tertiary/aromatic N) is 2. The number of carbonyl (C=O) groups excluding carboxylic acids is 1. The molecule has 0 aromatic carbocycles. The van der Waals surface area contributed by atoms with Gasteiger partial charge in [-0.15, -0.1) is 0 Å². The summed E-state index contributed by atoms with van der Waals surface area (Å²) in [5.41, 5.74) is 0.304. The fraction of sp³-hybridized carbons (Fsp3) is 0.615. The van der Waals surface area contributed by atoms with Crippen molar-refractivity contribution in [3.05, 3.63) is 18.0 Å². The van der Waals surface area contributed by atoms with Crippen molar-refractivity contribution < 1.29 is 17.9 Å². The molecule has 1 saturated heterocycles. The average molecular weight is 335 g/mol. The fourth-order valence-electron chi connectivity index (χ4n) is 2.57. The second-order valence-corrected chi connectivity index (χ2v) is 7.97. The Hall–Kier alpha value is -1.05. The Balaban J connectivity index is 2.23. The van der Waals surface area contributed by atoms with E-state index in [-0.39, 0.29) is 16.9 Å². The number of halogens is 1. The lowest BCUT2D eigenvalue weighted by Crippen LogP contribution is -2.47. The summed E-state index contributed by atoms with van der Waals surface area (Å²) in [4.78, 5) is 14.2. The molecular formula is C13H19ClN2O4S. The number of amides is 1. The third kappa shape index (κ3) is 3.41. The van der Waals surface area contributed by atoms with Crippen LogP contribution in [0.3, 0.4) is 0 Å². The van der Waals surface area contributed by atoms with Crippen LogP contribution in [0.5, 0.6) is 0 Å². The first kappa shape index (κ1) is 16.3. The van der Waals surface area contributed by atoms with Gasteiger partial charge in [-0.1, -0.05) is 6.92 Å². The van der Waals surface area contributed by atoms with Gasteiger partial charge in [0.15, 0.2) is 0 Å². The number of hydrogen-bond donors (Lipinski definition) is 0. The second kappa shape index (κ2) is 5.98. The molecule has 1 aromatic heterocycles. The minimum absolute atomic E-state index is 0.000742. The number of methoxy groups -OCH3 is 1. The van der Waals surface area contributed by atoms with Crippen molar-refractivity contribution in [3.63, 3.8) is 0 Å². The quantitative estimate of drug-likeness (QED) is 0.785. The highest BCUT2D eigenvalue weighted by Crippen LogP contribution is 2.23. The molecule has 6 nitrogen and oxygen atoms in total. The molecule has 1 aliphatic rings. The Morgan fingerprint density at radius 3 is 2.67 bits per heavy atom. The monoisotopic (exact) mass is 334 g/mol. The van der Waals surface area contributed by atoms with E-state index in [9.17, 15) is 13.2 Å². The summed E-state index contributed by atoms with van der Waals surface area (Å²) in [6.07, 6.45) is 2.20. The molecule has 0 radical (unpaired) electrons. The number of piperidine rings is 1. The Morgan fingerprint density at radius 2 is 2.14 bits per heavy atom. The number of aromatic nitrogens is 1. The minimum atomic E-state index is -3.84. The van der Waals surface area contributed by atoms with Crippen molar-refractivity contribution in [1.29, 1.82) is 0 Å². The molecule has 1 aromatic rings. The van der Waals surface area contributed by atoms with Gasteiger partial charge in [-0.3, -0.25) is 4.79 Å². The molecule has 21 heavy (non-hydrogen) atoms. The van der Waals surface area contributed by atoms with Crippen molar-refractivity contribution in [3.8, 4) is 0 Å². The van der Waals surface area contributed by atoms with E-state index >= 15 is 0 Å². The van der Waals surface area contributed by atoms with Gasteiger partial charge in [-0.05, 0) is 18.4 Å². The van der Waals surface area contributed by atoms with E-state index in [1.807, 2.05) is 0 Å². The fourth-order valence-corrected chi connectivity index (χ4v) is 3.36. The van der Waals surface area contributed by atoms with E-state index in [1.165, 1.54) is 16.8 Å². The van der Waals surface area contributed by atoms with Crippen molar-refractivity contribution in [2.45, 2.75) is 24.3 Å². The summed E-state index contributed by atoms with van der Waals surface area (Å²) >= 11 is 0. The molecule has 1 fully saturated rings. The zero-order valence-corrected chi connectivity index (χ0v) is 13.8. The average Bonchev–Trinajstić information content (AvgIpc) is 2.80. The van der Waals surface area contributed by atoms with Crippen molar-refractivity contribution in [1.82, 2.24) is 9.47 Å². The minimum Gasteiger partial charge on any atom is -0.379 e. The Labute approximate surface area is 129 Å². The standard InChI is InChI=1S/C13H19ClN2O4S/c1-9-4-5-16(8-12(9)20-3)13(17)11-6-10(7-15(11)2)21(14,18)19/h6-7,9,12H,4-5,8H2,1-3H3. The van der Waals surface area contributed by atoms with E-state index < -0.39 is 9.05 Å². The molecular weight excluding hydrogens is 316 g/mol. The molecule has 8 heteroatoms. The van der Waals surface area contributed by atoms with Gasteiger partial charge >= 0.3 is 0 Å². The maximum atomic E-state index is 12.5. The predicted molar refractivity (Wildman–Crippen MR) is 78.9 cm³/mol. The largest absolute Gasteiger partial charge is 0.379 e. The topological polar surface area (TPSA) is 68.6 Å². The van der Waals surface area contributed by atoms with Gasteiger partial charge in [0.25, 0.3) is 15.0 Å². The van der Waals surface area contributed by atoms with Gasteiger partial charge in [-0.2, -0.15) is 0 Å².